The zero-order valence-electron chi connectivity index (χ0n) is 6.63. The van der Waals surface area contributed by atoms with Crippen molar-refractivity contribution in [2.75, 3.05) is 0 Å². The summed E-state index contributed by atoms with van der Waals surface area (Å²) in [5.74, 6) is -0.811. The van der Waals surface area contributed by atoms with Crippen LogP contribution in [0.4, 0.5) is 0 Å². The average Bonchev–Trinajstić information content (AvgIpc) is 1.82. The molecule has 11 heavy (non-hydrogen) atoms. The lowest BCUT2D eigenvalue weighted by Gasteiger charge is -2.19. The van der Waals surface area contributed by atoms with Gasteiger partial charge in [-0.3, -0.25) is 0 Å². The number of hydrogen-bond acceptors (Lipinski definition) is 4. The van der Waals surface area contributed by atoms with Crippen molar-refractivity contribution in [2.24, 2.45) is 5.18 Å². The molecule has 0 aliphatic rings. The van der Waals surface area contributed by atoms with E-state index in [1.807, 2.05) is 0 Å². The second-order valence-corrected chi connectivity index (χ2v) is 3.39. The Morgan fingerprint density at radius 1 is 1.55 bits per heavy atom. The van der Waals surface area contributed by atoms with E-state index >= 15 is 0 Å². The molecular weight excluding hydrogens is 170 g/mol. The van der Waals surface area contributed by atoms with E-state index in [-0.39, 0.29) is 0 Å². The van der Waals surface area contributed by atoms with Gasteiger partial charge in [-0.15, -0.1) is 4.91 Å². The van der Waals surface area contributed by atoms with Gasteiger partial charge in [0.05, 0.1) is 0 Å². The van der Waals surface area contributed by atoms with Gasteiger partial charge in [0.25, 0.3) is 5.50 Å². The monoisotopic (exact) mass is 179 g/mol. The number of carbonyl (C=O) groups is 1. The highest BCUT2D eigenvalue weighted by atomic mass is 35.5. The second kappa shape index (κ2) is 3.67. The van der Waals surface area contributed by atoms with E-state index in [1.54, 1.807) is 20.8 Å². The van der Waals surface area contributed by atoms with Crippen LogP contribution in [0.15, 0.2) is 5.18 Å². The van der Waals surface area contributed by atoms with Crippen molar-refractivity contribution in [1.82, 2.24) is 0 Å². The molecular formula is C6H10ClNO3. The van der Waals surface area contributed by atoms with Crippen LogP contribution < -0.4 is 0 Å². The molecule has 4 nitrogen and oxygen atoms in total. The standard InChI is InChI=1S/C6H10ClNO3/c1-6(2,3)11-5(9)4(7)8-10/h4H,1-3H3. The summed E-state index contributed by atoms with van der Waals surface area (Å²) in [5.41, 5.74) is -2.07. The smallest absolute Gasteiger partial charge is 0.350 e. The van der Waals surface area contributed by atoms with Crippen molar-refractivity contribution in [2.45, 2.75) is 31.9 Å². The lowest BCUT2D eigenvalue weighted by molar-refractivity contribution is -0.154. The van der Waals surface area contributed by atoms with Crippen LogP contribution in [-0.2, 0) is 9.53 Å². The van der Waals surface area contributed by atoms with E-state index in [9.17, 15) is 9.70 Å². The molecule has 0 aliphatic heterocycles. The molecule has 1 atom stereocenters. The number of rotatable bonds is 2. The van der Waals surface area contributed by atoms with Crippen molar-refractivity contribution in [3.8, 4) is 0 Å². The lowest BCUT2D eigenvalue weighted by Crippen LogP contribution is -2.28. The highest BCUT2D eigenvalue weighted by molar-refractivity contribution is 6.29. The molecule has 0 spiro atoms. The molecule has 0 bridgehead atoms. The molecule has 0 amide bonds. The fourth-order valence-corrected chi connectivity index (χ4v) is 0.438. The molecule has 0 heterocycles. The average molecular weight is 180 g/mol. The van der Waals surface area contributed by atoms with Gasteiger partial charge in [-0.05, 0) is 25.9 Å². The van der Waals surface area contributed by atoms with Crippen LogP contribution in [0.5, 0.6) is 0 Å². The normalized spacial score (nSPS) is 13.8. The minimum Gasteiger partial charge on any atom is -0.457 e. The van der Waals surface area contributed by atoms with Gasteiger partial charge in [-0.2, -0.15) is 0 Å². The fraction of sp³-hybridized carbons (Fsp3) is 0.833. The molecule has 0 N–H and O–H groups in total. The highest BCUT2D eigenvalue weighted by Gasteiger charge is 2.23. The maximum atomic E-state index is 10.7. The summed E-state index contributed by atoms with van der Waals surface area (Å²) < 4.78 is 4.73. The molecule has 0 aromatic heterocycles. The first kappa shape index (κ1) is 10.4. The third kappa shape index (κ3) is 4.72. The van der Waals surface area contributed by atoms with Gasteiger partial charge in [0, 0.05) is 0 Å². The quantitative estimate of drug-likeness (QED) is 0.280. The molecule has 5 heteroatoms. The molecule has 0 saturated carbocycles. The Morgan fingerprint density at radius 2 is 2.00 bits per heavy atom. The maximum Gasteiger partial charge on any atom is 0.350 e. The van der Waals surface area contributed by atoms with E-state index in [4.69, 9.17) is 16.3 Å². The third-order valence-electron chi connectivity index (χ3n) is 0.694. The van der Waals surface area contributed by atoms with Gasteiger partial charge in [0.15, 0.2) is 0 Å². The van der Waals surface area contributed by atoms with Gasteiger partial charge in [0.2, 0.25) is 0 Å². The first-order valence-corrected chi connectivity index (χ1v) is 3.50. The topological polar surface area (TPSA) is 55.7 Å². The van der Waals surface area contributed by atoms with Crippen molar-refractivity contribution in [1.29, 1.82) is 0 Å². The van der Waals surface area contributed by atoms with Crippen molar-refractivity contribution >= 4 is 17.6 Å². The van der Waals surface area contributed by atoms with E-state index in [1.165, 1.54) is 0 Å². The number of halogens is 1. The summed E-state index contributed by atoms with van der Waals surface area (Å²) in [6.07, 6.45) is 0. The van der Waals surface area contributed by atoms with Gasteiger partial charge >= 0.3 is 5.97 Å². The Hall–Kier alpha value is -0.640. The van der Waals surface area contributed by atoms with Gasteiger partial charge in [-0.1, -0.05) is 11.6 Å². The Bertz CT molecular complexity index is 164. The summed E-state index contributed by atoms with van der Waals surface area (Å²) in [6.45, 7) is 5.04. The van der Waals surface area contributed by atoms with Crippen molar-refractivity contribution in [3.05, 3.63) is 4.91 Å². The summed E-state index contributed by atoms with van der Waals surface area (Å²) in [6, 6.07) is 0. The molecule has 0 fully saturated rings. The number of hydrogen-bond donors (Lipinski definition) is 0. The number of ether oxygens (including phenoxy) is 1. The fourth-order valence-electron chi connectivity index (χ4n) is 0.393. The van der Waals surface area contributed by atoms with Crippen LogP contribution in [-0.4, -0.2) is 17.1 Å². The van der Waals surface area contributed by atoms with Crippen LogP contribution in [0.3, 0.4) is 0 Å². The number of esters is 1. The van der Waals surface area contributed by atoms with E-state index in [0.717, 1.165) is 0 Å². The van der Waals surface area contributed by atoms with Gasteiger partial charge in [-0.25, -0.2) is 4.79 Å². The summed E-state index contributed by atoms with van der Waals surface area (Å²) in [7, 11) is 0. The highest BCUT2D eigenvalue weighted by Crippen LogP contribution is 2.11. The van der Waals surface area contributed by atoms with Crippen molar-refractivity contribution < 1.29 is 9.53 Å². The first-order valence-electron chi connectivity index (χ1n) is 3.06. The molecule has 0 aliphatic carbocycles. The predicted molar refractivity (Wildman–Crippen MR) is 41.3 cm³/mol. The number of alkyl halides is 1. The van der Waals surface area contributed by atoms with Gasteiger partial charge in [0.1, 0.15) is 5.60 Å². The van der Waals surface area contributed by atoms with E-state index in [0.29, 0.717) is 0 Å². The second-order valence-electron chi connectivity index (χ2n) is 2.97. The van der Waals surface area contributed by atoms with Crippen LogP contribution in [0.2, 0.25) is 0 Å². The number of nitroso groups, excluding NO2 is 1. The molecule has 0 aromatic carbocycles. The Kier molecular flexibility index (Phi) is 3.45. The van der Waals surface area contributed by atoms with Gasteiger partial charge < -0.3 is 4.74 Å². The zero-order valence-corrected chi connectivity index (χ0v) is 7.38. The van der Waals surface area contributed by atoms with E-state index in [2.05, 4.69) is 5.18 Å². The first-order chi connectivity index (χ1) is 4.87. The third-order valence-corrected chi connectivity index (χ3v) is 0.952. The minimum atomic E-state index is -1.44. The van der Waals surface area contributed by atoms with E-state index < -0.39 is 17.1 Å². The number of carbonyl (C=O) groups excluding carboxylic acids is 1. The van der Waals surface area contributed by atoms with Crippen molar-refractivity contribution in [3.63, 3.8) is 0 Å². The summed E-state index contributed by atoms with van der Waals surface area (Å²) in [4.78, 5) is 20.5. The minimum absolute atomic E-state index is 0.630. The largest absolute Gasteiger partial charge is 0.457 e. The molecule has 64 valence electrons. The van der Waals surface area contributed by atoms with Crippen LogP contribution in [0.1, 0.15) is 20.8 Å². The lowest BCUT2D eigenvalue weighted by atomic mass is 10.2. The molecule has 0 aromatic rings. The summed E-state index contributed by atoms with van der Waals surface area (Å²) in [5, 5.41) is 2.31. The number of nitrogens with zero attached hydrogens (tertiary/aromatic N) is 1. The maximum absolute atomic E-state index is 10.7. The van der Waals surface area contributed by atoms with Crippen LogP contribution in [0, 0.1) is 4.91 Å². The predicted octanol–water partition coefficient (Wildman–Crippen LogP) is 1.66. The SMILES string of the molecule is CC(C)(C)OC(=O)C(Cl)N=O. The summed E-state index contributed by atoms with van der Waals surface area (Å²) >= 11 is 5.17. The molecule has 0 rings (SSSR count). The zero-order chi connectivity index (χ0) is 9.07. The Morgan fingerprint density at radius 3 is 2.27 bits per heavy atom. The van der Waals surface area contributed by atoms with Crippen LogP contribution in [0.25, 0.3) is 0 Å². The molecule has 1 unspecified atom stereocenters. The Labute approximate surface area is 69.8 Å². The Balaban J connectivity index is 3.98. The molecule has 0 saturated heterocycles. The van der Waals surface area contributed by atoms with Crippen LogP contribution >= 0.6 is 11.6 Å². The molecule has 0 radical (unpaired) electrons.